The highest BCUT2D eigenvalue weighted by atomic mass is 19.4. The molecule has 0 aliphatic carbocycles. The highest BCUT2D eigenvalue weighted by molar-refractivity contribution is 5.88. The number of alkyl halides is 3. The van der Waals surface area contributed by atoms with Crippen LogP contribution in [0.5, 0.6) is 0 Å². The number of aliphatic carboxylic acids is 1. The van der Waals surface area contributed by atoms with Crippen molar-refractivity contribution in [3.05, 3.63) is 99.8 Å². The number of hydrogen-bond acceptors (Lipinski definition) is 3. The van der Waals surface area contributed by atoms with Crippen LogP contribution in [0.3, 0.4) is 0 Å². The van der Waals surface area contributed by atoms with Gasteiger partial charge in [-0.2, -0.15) is 13.2 Å². The number of carbonyl (C=O) groups is 1. The van der Waals surface area contributed by atoms with Crippen LogP contribution in [-0.2, 0) is 17.4 Å². The van der Waals surface area contributed by atoms with Crippen LogP contribution < -0.4 is 10.9 Å². The highest BCUT2D eigenvalue weighted by Crippen LogP contribution is 2.39. The number of nitrogens with zero attached hydrogens (tertiary/aromatic N) is 1. The van der Waals surface area contributed by atoms with Crippen molar-refractivity contribution in [3.8, 4) is 11.1 Å². The number of rotatable bonds is 4. The van der Waals surface area contributed by atoms with Crippen molar-refractivity contribution in [2.24, 2.45) is 0 Å². The Hall–Kier alpha value is -4.07. The Morgan fingerprint density at radius 1 is 1.00 bits per heavy atom. The van der Waals surface area contributed by atoms with Gasteiger partial charge >= 0.3 is 12.1 Å². The predicted octanol–water partition coefficient (Wildman–Crippen LogP) is 5.33. The first-order valence-electron chi connectivity index (χ1n) is 10.6. The lowest BCUT2D eigenvalue weighted by Crippen LogP contribution is -2.28. The van der Waals surface area contributed by atoms with Gasteiger partial charge in [-0.05, 0) is 46.0 Å². The molecule has 0 fully saturated rings. The molecule has 0 spiro atoms. The normalized spacial score (nSPS) is 15.2. The van der Waals surface area contributed by atoms with Gasteiger partial charge < -0.3 is 10.4 Å². The Morgan fingerprint density at radius 3 is 2.50 bits per heavy atom. The van der Waals surface area contributed by atoms with Gasteiger partial charge in [-0.1, -0.05) is 54.6 Å². The van der Waals surface area contributed by atoms with E-state index in [9.17, 15) is 27.9 Å². The van der Waals surface area contributed by atoms with Crippen molar-refractivity contribution in [2.45, 2.75) is 18.6 Å². The predicted molar refractivity (Wildman–Crippen MR) is 123 cm³/mol. The maximum absolute atomic E-state index is 13.5. The SMILES string of the molecule is O=C(O)C1CNc2c(-c3cccc(C(F)(F)F)c3)c(Cc3cccc4ccccc34)cc(=O)n21. The molecule has 34 heavy (non-hydrogen) atoms. The molecule has 4 aromatic rings. The largest absolute Gasteiger partial charge is 0.480 e. The molecule has 0 amide bonds. The Bertz CT molecular complexity index is 1490. The summed E-state index contributed by atoms with van der Waals surface area (Å²) in [5.41, 5.74) is 0.737. The van der Waals surface area contributed by atoms with E-state index in [1.807, 2.05) is 42.5 Å². The van der Waals surface area contributed by atoms with E-state index in [-0.39, 0.29) is 24.3 Å². The van der Waals surface area contributed by atoms with Crippen LogP contribution in [0.15, 0.2) is 77.6 Å². The summed E-state index contributed by atoms with van der Waals surface area (Å²) in [6.07, 6.45) is -4.26. The van der Waals surface area contributed by atoms with Gasteiger partial charge in [0.1, 0.15) is 5.82 Å². The molecule has 3 aromatic carbocycles. The van der Waals surface area contributed by atoms with Crippen molar-refractivity contribution >= 4 is 22.6 Å². The zero-order valence-electron chi connectivity index (χ0n) is 17.8. The number of benzene rings is 3. The zero-order valence-corrected chi connectivity index (χ0v) is 17.8. The second-order valence-corrected chi connectivity index (χ2v) is 8.23. The molecule has 5 rings (SSSR count). The Morgan fingerprint density at radius 2 is 1.74 bits per heavy atom. The van der Waals surface area contributed by atoms with Gasteiger partial charge in [0.05, 0.1) is 5.56 Å². The molecule has 1 aliphatic rings. The summed E-state index contributed by atoms with van der Waals surface area (Å²) in [4.78, 5) is 24.7. The van der Waals surface area contributed by atoms with Gasteiger partial charge in [0.2, 0.25) is 0 Å². The standard InChI is InChI=1S/C26H19F3N2O3/c27-26(28,29)19-9-4-8-17(12-19)23-18(11-16-7-3-6-15-5-1-2-10-20(15)16)13-22(32)31-21(25(33)34)14-30-24(23)31/h1-10,12-13,21,30H,11,14H2,(H,33,34). The molecule has 1 aromatic heterocycles. The van der Waals surface area contributed by atoms with E-state index in [2.05, 4.69) is 5.32 Å². The number of nitrogens with one attached hydrogen (secondary N) is 1. The number of fused-ring (bicyclic) bond motifs is 2. The van der Waals surface area contributed by atoms with Crippen molar-refractivity contribution in [1.29, 1.82) is 0 Å². The van der Waals surface area contributed by atoms with Crippen molar-refractivity contribution in [3.63, 3.8) is 0 Å². The van der Waals surface area contributed by atoms with Gasteiger partial charge in [-0.25, -0.2) is 4.79 Å². The van der Waals surface area contributed by atoms with E-state index >= 15 is 0 Å². The second-order valence-electron chi connectivity index (χ2n) is 8.23. The first-order chi connectivity index (χ1) is 16.2. The molecule has 2 heterocycles. The maximum Gasteiger partial charge on any atom is 0.416 e. The molecule has 0 bridgehead atoms. The van der Waals surface area contributed by atoms with Crippen LogP contribution in [0.4, 0.5) is 19.0 Å². The van der Waals surface area contributed by atoms with Crippen LogP contribution >= 0.6 is 0 Å². The first kappa shape index (κ1) is 21.8. The third-order valence-electron chi connectivity index (χ3n) is 6.13. The van der Waals surface area contributed by atoms with Crippen LogP contribution in [-0.4, -0.2) is 22.2 Å². The molecular formula is C26H19F3N2O3. The van der Waals surface area contributed by atoms with Crippen LogP contribution in [0.1, 0.15) is 22.7 Å². The molecule has 0 saturated heterocycles. The molecule has 1 atom stereocenters. The van der Waals surface area contributed by atoms with E-state index in [1.54, 1.807) is 0 Å². The fraction of sp³-hybridized carbons (Fsp3) is 0.154. The summed E-state index contributed by atoms with van der Waals surface area (Å²) < 4.78 is 41.5. The summed E-state index contributed by atoms with van der Waals surface area (Å²) >= 11 is 0. The molecule has 8 heteroatoms. The van der Waals surface area contributed by atoms with E-state index in [0.717, 1.165) is 33.0 Å². The van der Waals surface area contributed by atoms with Crippen LogP contribution in [0, 0.1) is 0 Å². The average molecular weight is 464 g/mol. The number of hydrogen-bond donors (Lipinski definition) is 2. The molecule has 0 radical (unpaired) electrons. The van der Waals surface area contributed by atoms with Crippen molar-refractivity contribution in [1.82, 2.24) is 4.57 Å². The number of anilines is 1. The molecule has 2 N–H and O–H groups in total. The lowest BCUT2D eigenvalue weighted by Gasteiger charge is -2.18. The summed E-state index contributed by atoms with van der Waals surface area (Å²) in [6.45, 7) is -0.0335. The third kappa shape index (κ3) is 3.71. The highest BCUT2D eigenvalue weighted by Gasteiger charge is 2.34. The van der Waals surface area contributed by atoms with E-state index in [0.29, 0.717) is 11.1 Å². The minimum absolute atomic E-state index is 0.0335. The number of pyridine rings is 1. The summed E-state index contributed by atoms with van der Waals surface area (Å²) in [7, 11) is 0. The van der Waals surface area contributed by atoms with Crippen molar-refractivity contribution in [2.75, 3.05) is 11.9 Å². The van der Waals surface area contributed by atoms with Gasteiger partial charge in [-0.3, -0.25) is 9.36 Å². The monoisotopic (exact) mass is 464 g/mol. The van der Waals surface area contributed by atoms with Gasteiger partial charge in [-0.15, -0.1) is 0 Å². The number of halogens is 3. The topological polar surface area (TPSA) is 71.3 Å². The number of carboxylic acids is 1. The molecule has 1 aliphatic heterocycles. The van der Waals surface area contributed by atoms with Crippen LogP contribution in [0.25, 0.3) is 21.9 Å². The lowest BCUT2D eigenvalue weighted by molar-refractivity contribution is -0.140. The van der Waals surface area contributed by atoms with E-state index < -0.39 is 29.3 Å². The quantitative estimate of drug-likeness (QED) is 0.428. The molecular weight excluding hydrogens is 445 g/mol. The van der Waals surface area contributed by atoms with Gasteiger partial charge in [0.15, 0.2) is 6.04 Å². The van der Waals surface area contributed by atoms with E-state index in [1.165, 1.54) is 18.2 Å². The zero-order chi connectivity index (χ0) is 24.0. The Balaban J connectivity index is 1.75. The van der Waals surface area contributed by atoms with E-state index in [4.69, 9.17) is 0 Å². The molecule has 0 saturated carbocycles. The van der Waals surface area contributed by atoms with Gasteiger partial charge in [0.25, 0.3) is 5.56 Å². The molecule has 172 valence electrons. The second kappa shape index (κ2) is 8.06. The summed E-state index contributed by atoms with van der Waals surface area (Å²) in [5.74, 6) is -0.973. The summed E-state index contributed by atoms with van der Waals surface area (Å²) in [5, 5.41) is 14.5. The summed E-state index contributed by atoms with van der Waals surface area (Å²) in [6, 6.07) is 18.6. The number of aromatic nitrogens is 1. The Labute approximate surface area is 192 Å². The minimum Gasteiger partial charge on any atom is -0.480 e. The van der Waals surface area contributed by atoms with Gasteiger partial charge in [0, 0.05) is 18.2 Å². The average Bonchev–Trinajstić information content (AvgIpc) is 3.25. The fourth-order valence-corrected chi connectivity index (χ4v) is 4.60. The van der Waals surface area contributed by atoms with Crippen molar-refractivity contribution < 1.29 is 23.1 Å². The molecule has 1 unspecified atom stereocenters. The fourth-order valence-electron chi connectivity index (χ4n) is 4.60. The third-order valence-corrected chi connectivity index (χ3v) is 6.13. The minimum atomic E-state index is -4.54. The maximum atomic E-state index is 13.5. The first-order valence-corrected chi connectivity index (χ1v) is 10.6. The number of carboxylic acid groups (broad SMARTS) is 1. The molecule has 5 nitrogen and oxygen atoms in total. The Kier molecular flexibility index (Phi) is 5.16. The smallest absolute Gasteiger partial charge is 0.416 e. The lowest BCUT2D eigenvalue weighted by atomic mass is 9.92. The van der Waals surface area contributed by atoms with Crippen LogP contribution in [0.2, 0.25) is 0 Å².